The second-order valence-corrected chi connectivity index (χ2v) is 6.16. The zero-order valence-electron chi connectivity index (χ0n) is 11.1. The van der Waals surface area contributed by atoms with Crippen LogP contribution in [0.1, 0.15) is 42.6 Å². The summed E-state index contributed by atoms with van der Waals surface area (Å²) in [5.41, 5.74) is 2.18. The molecule has 98 valence electrons. The summed E-state index contributed by atoms with van der Waals surface area (Å²) in [6.07, 6.45) is 3.26. The quantitative estimate of drug-likeness (QED) is 0.776. The molecule has 0 saturated heterocycles. The van der Waals surface area contributed by atoms with Gasteiger partial charge in [-0.15, -0.1) is 11.8 Å². The van der Waals surface area contributed by atoms with E-state index in [0.29, 0.717) is 0 Å². The van der Waals surface area contributed by atoms with Crippen molar-refractivity contribution < 1.29 is 9.53 Å². The van der Waals surface area contributed by atoms with E-state index in [2.05, 4.69) is 13.0 Å². The molecule has 0 fully saturated rings. The summed E-state index contributed by atoms with van der Waals surface area (Å²) in [4.78, 5) is 12.1. The molecular formula is C15H20O2S. The molecule has 1 aliphatic heterocycles. The number of carbonyl (C=O) groups excluding carboxylic acids is 1. The molecule has 1 unspecified atom stereocenters. The Labute approximate surface area is 113 Å². The Morgan fingerprint density at radius 2 is 2.33 bits per heavy atom. The van der Waals surface area contributed by atoms with Crippen LogP contribution in [0.5, 0.6) is 0 Å². The zero-order valence-corrected chi connectivity index (χ0v) is 11.9. The van der Waals surface area contributed by atoms with E-state index in [9.17, 15) is 4.79 Å². The Balaban J connectivity index is 2.37. The van der Waals surface area contributed by atoms with E-state index in [0.717, 1.165) is 37.2 Å². The van der Waals surface area contributed by atoms with Gasteiger partial charge in [0.1, 0.15) is 6.29 Å². The Bertz CT molecular complexity index is 431. The summed E-state index contributed by atoms with van der Waals surface area (Å²) in [6, 6.07) is 6.04. The Hall–Kier alpha value is -0.800. The maximum atomic E-state index is 10.9. The van der Waals surface area contributed by atoms with Gasteiger partial charge in [0.15, 0.2) is 0 Å². The van der Waals surface area contributed by atoms with Gasteiger partial charge in [-0.1, -0.05) is 19.1 Å². The normalized spacial score (nSPS) is 23.2. The third-order valence-corrected chi connectivity index (χ3v) is 4.69. The third kappa shape index (κ3) is 2.78. The van der Waals surface area contributed by atoms with Crippen LogP contribution in [0, 0.1) is 0 Å². The van der Waals surface area contributed by atoms with Crippen molar-refractivity contribution in [3.8, 4) is 0 Å². The number of fused-ring (bicyclic) bond motifs is 1. The Morgan fingerprint density at radius 3 is 3.06 bits per heavy atom. The van der Waals surface area contributed by atoms with Crippen molar-refractivity contribution in [3.05, 3.63) is 29.3 Å². The molecule has 3 heteroatoms. The number of rotatable bonds is 4. The molecule has 0 aliphatic carbocycles. The van der Waals surface area contributed by atoms with Gasteiger partial charge in [0.2, 0.25) is 0 Å². The van der Waals surface area contributed by atoms with Crippen molar-refractivity contribution in [2.45, 2.75) is 37.0 Å². The van der Waals surface area contributed by atoms with Gasteiger partial charge in [0.05, 0.1) is 6.61 Å². The van der Waals surface area contributed by atoms with Gasteiger partial charge in [-0.25, -0.2) is 0 Å². The maximum absolute atomic E-state index is 10.9. The zero-order chi connectivity index (χ0) is 13.0. The smallest absolute Gasteiger partial charge is 0.150 e. The minimum atomic E-state index is 0.0796. The van der Waals surface area contributed by atoms with Crippen molar-refractivity contribution >= 4 is 18.0 Å². The molecule has 1 heterocycles. The summed E-state index contributed by atoms with van der Waals surface area (Å²) >= 11 is 1.86. The van der Waals surface area contributed by atoms with E-state index in [1.165, 1.54) is 16.9 Å². The maximum Gasteiger partial charge on any atom is 0.150 e. The van der Waals surface area contributed by atoms with Crippen LogP contribution in [0.25, 0.3) is 0 Å². The number of aldehydes is 1. The molecule has 1 aromatic carbocycles. The Kier molecular flexibility index (Phi) is 4.46. The fraction of sp³-hybridized carbons (Fsp3) is 0.533. The SMILES string of the molecule is CCOCC1(C)CCCSc2cc(C=O)ccc21. The van der Waals surface area contributed by atoms with Gasteiger partial charge in [-0.05, 0) is 37.1 Å². The first-order chi connectivity index (χ1) is 8.69. The van der Waals surface area contributed by atoms with Gasteiger partial charge in [-0.2, -0.15) is 0 Å². The number of hydrogen-bond acceptors (Lipinski definition) is 3. The molecule has 0 amide bonds. The molecule has 0 radical (unpaired) electrons. The molecule has 1 aromatic rings. The van der Waals surface area contributed by atoms with E-state index in [1.54, 1.807) is 0 Å². The predicted molar refractivity (Wildman–Crippen MR) is 75.6 cm³/mol. The predicted octanol–water partition coefficient (Wildman–Crippen LogP) is 3.68. The van der Waals surface area contributed by atoms with Crippen molar-refractivity contribution in [2.75, 3.05) is 19.0 Å². The molecule has 2 rings (SSSR count). The molecule has 0 spiro atoms. The molecular weight excluding hydrogens is 244 g/mol. The number of ether oxygens (including phenoxy) is 1. The highest BCUT2D eigenvalue weighted by molar-refractivity contribution is 7.99. The lowest BCUT2D eigenvalue weighted by molar-refractivity contribution is 0.0936. The topological polar surface area (TPSA) is 26.3 Å². The average molecular weight is 264 g/mol. The summed E-state index contributed by atoms with van der Waals surface area (Å²) in [5.74, 6) is 1.12. The van der Waals surface area contributed by atoms with Gasteiger partial charge < -0.3 is 4.74 Å². The summed E-state index contributed by atoms with van der Waals surface area (Å²) in [7, 11) is 0. The number of hydrogen-bond donors (Lipinski definition) is 0. The molecule has 0 aromatic heterocycles. The number of carbonyl (C=O) groups is 1. The summed E-state index contributed by atoms with van der Waals surface area (Å²) < 4.78 is 5.67. The number of benzene rings is 1. The molecule has 2 nitrogen and oxygen atoms in total. The van der Waals surface area contributed by atoms with Crippen LogP contribution in [-0.4, -0.2) is 25.3 Å². The first kappa shape index (κ1) is 13.6. The van der Waals surface area contributed by atoms with E-state index >= 15 is 0 Å². The second kappa shape index (κ2) is 5.89. The fourth-order valence-electron chi connectivity index (χ4n) is 2.49. The van der Waals surface area contributed by atoms with Crippen LogP contribution in [0.3, 0.4) is 0 Å². The van der Waals surface area contributed by atoms with Crippen LogP contribution in [-0.2, 0) is 10.2 Å². The van der Waals surface area contributed by atoms with Crippen LogP contribution in [0.15, 0.2) is 23.1 Å². The van der Waals surface area contributed by atoms with Gasteiger partial charge in [-0.3, -0.25) is 4.79 Å². The highest BCUT2D eigenvalue weighted by atomic mass is 32.2. The van der Waals surface area contributed by atoms with E-state index in [4.69, 9.17) is 4.74 Å². The van der Waals surface area contributed by atoms with Crippen molar-refractivity contribution in [1.29, 1.82) is 0 Å². The first-order valence-electron chi connectivity index (χ1n) is 6.50. The van der Waals surface area contributed by atoms with Crippen molar-refractivity contribution in [3.63, 3.8) is 0 Å². The van der Waals surface area contributed by atoms with E-state index in [-0.39, 0.29) is 5.41 Å². The lowest BCUT2D eigenvalue weighted by Gasteiger charge is -2.29. The molecule has 18 heavy (non-hydrogen) atoms. The monoisotopic (exact) mass is 264 g/mol. The summed E-state index contributed by atoms with van der Waals surface area (Å²) in [6.45, 7) is 5.82. The minimum Gasteiger partial charge on any atom is -0.381 e. The molecule has 0 N–H and O–H groups in total. The van der Waals surface area contributed by atoms with Crippen molar-refractivity contribution in [1.82, 2.24) is 0 Å². The van der Waals surface area contributed by atoms with Gasteiger partial charge in [0.25, 0.3) is 0 Å². The Morgan fingerprint density at radius 1 is 1.50 bits per heavy atom. The molecule has 0 saturated carbocycles. The van der Waals surface area contributed by atoms with Crippen LogP contribution < -0.4 is 0 Å². The van der Waals surface area contributed by atoms with Gasteiger partial charge >= 0.3 is 0 Å². The summed E-state index contributed by atoms with van der Waals surface area (Å²) in [5, 5.41) is 0. The molecule has 1 aliphatic rings. The standard InChI is InChI=1S/C15H20O2S/c1-3-17-11-15(2)7-4-8-18-14-9-12(10-16)5-6-13(14)15/h5-6,9-10H,3-4,7-8,11H2,1-2H3. The third-order valence-electron chi connectivity index (χ3n) is 3.55. The van der Waals surface area contributed by atoms with E-state index in [1.807, 2.05) is 30.8 Å². The van der Waals surface area contributed by atoms with Crippen molar-refractivity contribution in [2.24, 2.45) is 0 Å². The largest absolute Gasteiger partial charge is 0.381 e. The number of thioether (sulfide) groups is 1. The van der Waals surface area contributed by atoms with Crippen LogP contribution in [0.2, 0.25) is 0 Å². The fourth-order valence-corrected chi connectivity index (χ4v) is 3.68. The molecule has 0 bridgehead atoms. The van der Waals surface area contributed by atoms with Gasteiger partial charge in [0, 0.05) is 22.5 Å². The first-order valence-corrected chi connectivity index (χ1v) is 7.48. The second-order valence-electron chi connectivity index (χ2n) is 5.02. The molecule has 1 atom stereocenters. The lowest BCUT2D eigenvalue weighted by atomic mass is 9.79. The van der Waals surface area contributed by atoms with Crippen LogP contribution in [0.4, 0.5) is 0 Å². The highest BCUT2D eigenvalue weighted by Crippen LogP contribution is 2.40. The van der Waals surface area contributed by atoms with E-state index < -0.39 is 0 Å². The van der Waals surface area contributed by atoms with Crippen LogP contribution >= 0.6 is 11.8 Å². The average Bonchev–Trinajstić information content (AvgIpc) is 2.56. The lowest BCUT2D eigenvalue weighted by Crippen LogP contribution is -2.28. The minimum absolute atomic E-state index is 0.0796. The highest BCUT2D eigenvalue weighted by Gasteiger charge is 2.31.